The summed E-state index contributed by atoms with van der Waals surface area (Å²) < 4.78 is 6.93. The van der Waals surface area contributed by atoms with E-state index < -0.39 is 0 Å². The van der Waals surface area contributed by atoms with Crippen LogP contribution in [-0.2, 0) is 11.3 Å². The summed E-state index contributed by atoms with van der Waals surface area (Å²) in [6.45, 7) is 3.50. The van der Waals surface area contributed by atoms with Gasteiger partial charge in [-0.1, -0.05) is 52.9 Å². The van der Waals surface area contributed by atoms with Crippen LogP contribution in [0.1, 0.15) is 18.4 Å². The Hall–Kier alpha value is -0.860. The minimum absolute atomic E-state index is 0.213. The Balaban J connectivity index is 1.26. The Labute approximate surface area is 161 Å². The molecule has 2 aliphatic rings. The third kappa shape index (κ3) is 5.08. The first-order valence-electron chi connectivity index (χ1n) is 8.56. The van der Waals surface area contributed by atoms with Crippen molar-refractivity contribution in [1.82, 2.24) is 15.1 Å². The van der Waals surface area contributed by atoms with E-state index in [4.69, 9.17) is 16.3 Å². The number of nitrogens with one attached hydrogen (secondary N) is 1. The molecule has 5 nitrogen and oxygen atoms in total. The Morgan fingerprint density at radius 3 is 3.04 bits per heavy atom. The lowest BCUT2D eigenvalue weighted by Crippen LogP contribution is -2.43. The molecule has 8 heteroatoms. The number of halogens is 1. The predicted molar refractivity (Wildman–Crippen MR) is 104 cm³/mol. The third-order valence-corrected chi connectivity index (χ3v) is 6.77. The molecule has 1 saturated carbocycles. The Morgan fingerprint density at radius 1 is 1.32 bits per heavy atom. The summed E-state index contributed by atoms with van der Waals surface area (Å²) in [5.41, 5.74) is 1.18. The average molecular weight is 397 g/mol. The zero-order valence-corrected chi connectivity index (χ0v) is 16.2. The highest BCUT2D eigenvalue weighted by molar-refractivity contribution is 8.01. The lowest BCUT2D eigenvalue weighted by atomic mass is 10.2. The highest BCUT2D eigenvalue weighted by Gasteiger charge is 2.24. The van der Waals surface area contributed by atoms with Crippen molar-refractivity contribution in [2.24, 2.45) is 0 Å². The van der Waals surface area contributed by atoms with E-state index in [1.54, 1.807) is 23.1 Å². The maximum Gasteiger partial charge on any atom is 0.206 e. The molecule has 0 unspecified atom stereocenters. The maximum atomic E-state index is 6.28. The fourth-order valence-corrected chi connectivity index (χ4v) is 4.84. The molecule has 1 N–H and O–H groups in total. The van der Waals surface area contributed by atoms with Crippen LogP contribution in [0.25, 0.3) is 0 Å². The monoisotopic (exact) mass is 396 g/mol. The van der Waals surface area contributed by atoms with Crippen molar-refractivity contribution in [2.45, 2.75) is 35.9 Å². The first-order valence-corrected chi connectivity index (χ1v) is 10.7. The van der Waals surface area contributed by atoms with Gasteiger partial charge in [-0.05, 0) is 24.5 Å². The van der Waals surface area contributed by atoms with Gasteiger partial charge in [0.1, 0.15) is 0 Å². The van der Waals surface area contributed by atoms with E-state index in [1.165, 1.54) is 18.4 Å². The average Bonchev–Trinajstić information content (AvgIpc) is 3.32. The molecule has 1 atom stereocenters. The van der Waals surface area contributed by atoms with Gasteiger partial charge in [-0.15, -0.1) is 10.2 Å². The second-order valence-electron chi connectivity index (χ2n) is 6.42. The van der Waals surface area contributed by atoms with Crippen molar-refractivity contribution in [1.29, 1.82) is 0 Å². The maximum absolute atomic E-state index is 6.28. The smallest absolute Gasteiger partial charge is 0.206 e. The molecule has 1 aromatic carbocycles. The molecule has 0 radical (unpaired) electrons. The minimum Gasteiger partial charge on any atom is -0.375 e. The largest absolute Gasteiger partial charge is 0.375 e. The Bertz CT molecular complexity index is 709. The summed E-state index contributed by atoms with van der Waals surface area (Å²) in [5.74, 6) is 0.900. The number of anilines is 1. The van der Waals surface area contributed by atoms with Gasteiger partial charge in [0.25, 0.3) is 0 Å². The highest BCUT2D eigenvalue weighted by atomic mass is 35.5. The fraction of sp³-hybridized carbons (Fsp3) is 0.529. The summed E-state index contributed by atoms with van der Waals surface area (Å²) in [6.07, 6.45) is 2.71. The van der Waals surface area contributed by atoms with Crippen LogP contribution in [0.5, 0.6) is 0 Å². The van der Waals surface area contributed by atoms with E-state index >= 15 is 0 Å². The molecular weight excluding hydrogens is 376 g/mol. The van der Waals surface area contributed by atoms with Crippen molar-refractivity contribution in [2.75, 3.05) is 30.8 Å². The first kappa shape index (κ1) is 17.5. The number of nitrogens with zero attached hydrogens (tertiary/aromatic N) is 3. The van der Waals surface area contributed by atoms with Crippen molar-refractivity contribution in [3.8, 4) is 0 Å². The molecular formula is C17H21ClN4OS2. The normalized spacial score (nSPS) is 21.4. The number of thioether (sulfide) groups is 1. The fourth-order valence-electron chi connectivity index (χ4n) is 2.79. The van der Waals surface area contributed by atoms with E-state index in [0.717, 1.165) is 46.5 Å². The molecule has 25 heavy (non-hydrogen) atoms. The van der Waals surface area contributed by atoms with Gasteiger partial charge in [0.15, 0.2) is 4.34 Å². The number of morpholine rings is 1. The van der Waals surface area contributed by atoms with Gasteiger partial charge in [-0.2, -0.15) is 0 Å². The molecule has 134 valence electrons. The Kier molecular flexibility index (Phi) is 5.77. The zero-order chi connectivity index (χ0) is 17.1. The van der Waals surface area contributed by atoms with Crippen LogP contribution < -0.4 is 5.32 Å². The topological polar surface area (TPSA) is 50.3 Å². The third-order valence-electron chi connectivity index (χ3n) is 4.28. The van der Waals surface area contributed by atoms with Gasteiger partial charge >= 0.3 is 0 Å². The molecule has 0 bridgehead atoms. The van der Waals surface area contributed by atoms with Gasteiger partial charge in [-0.25, -0.2) is 0 Å². The Morgan fingerprint density at radius 2 is 2.20 bits per heavy atom. The van der Waals surface area contributed by atoms with Crippen molar-refractivity contribution in [3.63, 3.8) is 0 Å². The van der Waals surface area contributed by atoms with Crippen LogP contribution in [0.2, 0.25) is 5.02 Å². The molecule has 1 aromatic heterocycles. The van der Waals surface area contributed by atoms with E-state index in [9.17, 15) is 0 Å². The van der Waals surface area contributed by atoms with Gasteiger partial charge < -0.3 is 10.1 Å². The molecule has 2 aromatic rings. The number of benzene rings is 1. The van der Waals surface area contributed by atoms with Crippen LogP contribution in [0.15, 0.2) is 28.6 Å². The van der Waals surface area contributed by atoms with Gasteiger partial charge in [-0.3, -0.25) is 4.90 Å². The van der Waals surface area contributed by atoms with Crippen molar-refractivity contribution >= 4 is 39.8 Å². The van der Waals surface area contributed by atoms with Crippen LogP contribution in [-0.4, -0.2) is 52.7 Å². The van der Waals surface area contributed by atoms with Crippen LogP contribution in [0, 0.1) is 0 Å². The van der Waals surface area contributed by atoms with Crippen molar-refractivity contribution in [3.05, 3.63) is 34.9 Å². The second-order valence-corrected chi connectivity index (χ2v) is 9.07. The summed E-state index contributed by atoms with van der Waals surface area (Å²) >= 11 is 9.65. The molecule has 1 aliphatic heterocycles. The number of rotatable bonds is 7. The highest BCUT2D eigenvalue weighted by Crippen LogP contribution is 2.31. The lowest BCUT2D eigenvalue weighted by Gasteiger charge is -2.32. The van der Waals surface area contributed by atoms with Crippen LogP contribution >= 0.6 is 34.7 Å². The van der Waals surface area contributed by atoms with Crippen LogP contribution in [0.3, 0.4) is 0 Å². The van der Waals surface area contributed by atoms with Gasteiger partial charge in [0.05, 0.1) is 12.7 Å². The van der Waals surface area contributed by atoms with E-state index in [2.05, 4.69) is 26.5 Å². The standard InChI is InChI=1S/C17H21ClN4OS2/c18-15-4-2-1-3-12(15)9-22-7-8-23-14(10-22)11-24-17-21-20-16(25-17)19-13-5-6-13/h1-4,13-14H,5-11H2,(H,19,20)/t14-/m0/s1. The number of hydrogen-bond donors (Lipinski definition) is 1. The summed E-state index contributed by atoms with van der Waals surface area (Å²) in [7, 11) is 0. The zero-order valence-electron chi connectivity index (χ0n) is 13.9. The number of ether oxygens (including phenoxy) is 1. The molecule has 4 rings (SSSR count). The van der Waals surface area contributed by atoms with E-state index in [-0.39, 0.29) is 6.10 Å². The van der Waals surface area contributed by atoms with E-state index in [1.807, 2.05) is 18.2 Å². The molecule has 2 heterocycles. The minimum atomic E-state index is 0.213. The SMILES string of the molecule is Clc1ccccc1CN1CCO[C@H](CSc2nnc(NC3CC3)s2)C1. The number of aromatic nitrogens is 2. The summed E-state index contributed by atoms with van der Waals surface area (Å²) in [5, 5.41) is 13.6. The van der Waals surface area contributed by atoms with Crippen LogP contribution in [0.4, 0.5) is 5.13 Å². The molecule has 1 aliphatic carbocycles. The second kappa shape index (κ2) is 8.22. The first-order chi connectivity index (χ1) is 12.3. The quantitative estimate of drug-likeness (QED) is 0.719. The molecule has 0 amide bonds. The van der Waals surface area contributed by atoms with Gasteiger partial charge in [0, 0.05) is 36.5 Å². The molecule has 0 spiro atoms. The summed E-state index contributed by atoms with van der Waals surface area (Å²) in [4.78, 5) is 2.41. The van der Waals surface area contributed by atoms with E-state index in [0.29, 0.717) is 6.04 Å². The molecule has 1 saturated heterocycles. The predicted octanol–water partition coefficient (Wildman–Crippen LogP) is 3.76. The lowest BCUT2D eigenvalue weighted by molar-refractivity contribution is -0.0187. The van der Waals surface area contributed by atoms with Crippen molar-refractivity contribution < 1.29 is 4.74 Å². The van der Waals surface area contributed by atoms with Gasteiger partial charge in [0.2, 0.25) is 5.13 Å². The number of hydrogen-bond acceptors (Lipinski definition) is 7. The summed E-state index contributed by atoms with van der Waals surface area (Å²) in [6, 6.07) is 8.67. The molecule has 2 fully saturated rings.